The van der Waals surface area contributed by atoms with Gasteiger partial charge in [-0.3, -0.25) is 0 Å². The molecule has 1 aromatic carbocycles. The van der Waals surface area contributed by atoms with Crippen LogP contribution in [0.5, 0.6) is 5.75 Å². The molecule has 0 saturated carbocycles. The van der Waals surface area contributed by atoms with E-state index in [1.54, 1.807) is 6.26 Å². The van der Waals surface area contributed by atoms with Crippen LogP contribution in [0.15, 0.2) is 41.0 Å². The summed E-state index contributed by atoms with van der Waals surface area (Å²) in [6, 6.07) is 9.65. The smallest absolute Gasteiger partial charge is 0.137 e. The average molecular weight is 266 g/mol. The zero-order chi connectivity index (χ0) is 12.8. The molecule has 0 radical (unpaired) electrons. The van der Waals surface area contributed by atoms with Gasteiger partial charge in [-0.25, -0.2) is 0 Å². The van der Waals surface area contributed by atoms with Crippen LogP contribution in [-0.4, -0.2) is 6.61 Å². The van der Waals surface area contributed by atoms with E-state index in [4.69, 9.17) is 20.8 Å². The van der Waals surface area contributed by atoms with Crippen LogP contribution in [0.2, 0.25) is 5.02 Å². The molecule has 0 bridgehead atoms. The molecule has 2 aromatic rings. The predicted octanol–water partition coefficient (Wildman–Crippen LogP) is 3.62. The predicted molar refractivity (Wildman–Crippen MR) is 71.9 cm³/mol. The third-order valence-corrected chi connectivity index (χ3v) is 2.80. The van der Waals surface area contributed by atoms with Crippen LogP contribution in [0.25, 0.3) is 0 Å². The zero-order valence-electron chi connectivity index (χ0n) is 10.3. The molecule has 0 aliphatic heterocycles. The Morgan fingerprint density at radius 2 is 2.17 bits per heavy atom. The molecule has 0 fully saturated rings. The Kier molecular flexibility index (Phi) is 4.67. The summed E-state index contributed by atoms with van der Waals surface area (Å²) in [4.78, 5) is 0. The summed E-state index contributed by atoms with van der Waals surface area (Å²) < 4.78 is 10.6. The van der Waals surface area contributed by atoms with Crippen LogP contribution in [0.1, 0.15) is 18.2 Å². The number of hydrogen-bond donors (Lipinski definition) is 1. The molecule has 18 heavy (non-hydrogen) atoms. The SMILES string of the molecule is CCOc1ccc(CNCc2ccco2)cc1Cl. The van der Waals surface area contributed by atoms with Gasteiger partial charge in [0.15, 0.2) is 0 Å². The summed E-state index contributed by atoms with van der Waals surface area (Å²) in [5.41, 5.74) is 1.12. The average Bonchev–Trinajstić information content (AvgIpc) is 2.86. The lowest BCUT2D eigenvalue weighted by Gasteiger charge is -2.08. The van der Waals surface area contributed by atoms with Gasteiger partial charge in [-0.15, -0.1) is 0 Å². The van der Waals surface area contributed by atoms with Gasteiger partial charge in [0.2, 0.25) is 0 Å². The van der Waals surface area contributed by atoms with Crippen molar-refractivity contribution >= 4 is 11.6 Å². The number of furan rings is 1. The quantitative estimate of drug-likeness (QED) is 0.866. The number of benzene rings is 1. The van der Waals surface area contributed by atoms with Crippen molar-refractivity contribution in [2.24, 2.45) is 0 Å². The van der Waals surface area contributed by atoms with Crippen molar-refractivity contribution in [2.75, 3.05) is 6.61 Å². The fourth-order valence-corrected chi connectivity index (χ4v) is 1.93. The van der Waals surface area contributed by atoms with E-state index < -0.39 is 0 Å². The molecule has 0 atom stereocenters. The van der Waals surface area contributed by atoms with Gasteiger partial charge in [0, 0.05) is 6.54 Å². The summed E-state index contributed by atoms with van der Waals surface area (Å²) in [7, 11) is 0. The summed E-state index contributed by atoms with van der Waals surface area (Å²) in [5.74, 6) is 1.65. The molecule has 1 heterocycles. The molecule has 2 rings (SSSR count). The fourth-order valence-electron chi connectivity index (χ4n) is 1.67. The van der Waals surface area contributed by atoms with Crippen LogP contribution in [0.4, 0.5) is 0 Å². The maximum atomic E-state index is 6.12. The van der Waals surface area contributed by atoms with Crippen LogP contribution in [-0.2, 0) is 13.1 Å². The lowest BCUT2D eigenvalue weighted by Crippen LogP contribution is -2.12. The minimum absolute atomic E-state index is 0.621. The monoisotopic (exact) mass is 265 g/mol. The van der Waals surface area contributed by atoms with Gasteiger partial charge in [-0.1, -0.05) is 17.7 Å². The molecule has 0 unspecified atom stereocenters. The van der Waals surface area contributed by atoms with Crippen molar-refractivity contribution < 1.29 is 9.15 Å². The van der Waals surface area contributed by atoms with E-state index in [1.165, 1.54) is 0 Å². The second kappa shape index (κ2) is 6.47. The van der Waals surface area contributed by atoms with E-state index in [2.05, 4.69) is 5.32 Å². The van der Waals surface area contributed by atoms with Gasteiger partial charge < -0.3 is 14.5 Å². The van der Waals surface area contributed by atoms with Crippen molar-refractivity contribution in [1.29, 1.82) is 0 Å². The first-order chi connectivity index (χ1) is 8.79. The molecule has 4 heteroatoms. The van der Waals surface area contributed by atoms with Crippen molar-refractivity contribution in [1.82, 2.24) is 5.32 Å². The normalized spacial score (nSPS) is 10.6. The van der Waals surface area contributed by atoms with E-state index in [0.29, 0.717) is 18.2 Å². The Labute approximate surface area is 112 Å². The van der Waals surface area contributed by atoms with E-state index in [1.807, 2.05) is 37.3 Å². The highest BCUT2D eigenvalue weighted by Crippen LogP contribution is 2.25. The lowest BCUT2D eigenvalue weighted by atomic mass is 10.2. The van der Waals surface area contributed by atoms with Crippen LogP contribution < -0.4 is 10.1 Å². The molecule has 96 valence electrons. The standard InChI is InChI=1S/C14H16ClNO2/c1-2-17-14-6-5-11(8-13(14)15)9-16-10-12-4-3-7-18-12/h3-8,16H,2,9-10H2,1H3. The third-order valence-electron chi connectivity index (χ3n) is 2.50. The number of hydrogen-bond acceptors (Lipinski definition) is 3. The highest BCUT2D eigenvalue weighted by atomic mass is 35.5. The minimum atomic E-state index is 0.621. The molecule has 0 spiro atoms. The van der Waals surface area contributed by atoms with Gasteiger partial charge in [-0.2, -0.15) is 0 Å². The molecule has 0 aliphatic rings. The van der Waals surface area contributed by atoms with Gasteiger partial charge >= 0.3 is 0 Å². The molecule has 1 N–H and O–H groups in total. The summed E-state index contributed by atoms with van der Waals surface area (Å²) in [6.07, 6.45) is 1.67. The molecular weight excluding hydrogens is 250 g/mol. The Hall–Kier alpha value is -1.45. The minimum Gasteiger partial charge on any atom is -0.492 e. The van der Waals surface area contributed by atoms with E-state index in [-0.39, 0.29) is 0 Å². The van der Waals surface area contributed by atoms with Crippen molar-refractivity contribution in [3.05, 3.63) is 52.9 Å². The van der Waals surface area contributed by atoms with Crippen LogP contribution >= 0.6 is 11.6 Å². The largest absolute Gasteiger partial charge is 0.492 e. The molecule has 0 aliphatic carbocycles. The number of halogens is 1. The Bertz CT molecular complexity index is 483. The van der Waals surface area contributed by atoms with Gasteiger partial charge in [-0.05, 0) is 36.8 Å². The van der Waals surface area contributed by atoms with Crippen molar-refractivity contribution in [3.63, 3.8) is 0 Å². The first kappa shape index (κ1) is 13.0. The van der Waals surface area contributed by atoms with Crippen molar-refractivity contribution in [2.45, 2.75) is 20.0 Å². The molecular formula is C14H16ClNO2. The topological polar surface area (TPSA) is 34.4 Å². The van der Waals surface area contributed by atoms with E-state index >= 15 is 0 Å². The maximum absolute atomic E-state index is 6.12. The van der Waals surface area contributed by atoms with Crippen LogP contribution in [0, 0.1) is 0 Å². The number of nitrogens with one attached hydrogen (secondary N) is 1. The summed E-state index contributed by atoms with van der Waals surface area (Å²) in [6.45, 7) is 4.01. The highest BCUT2D eigenvalue weighted by molar-refractivity contribution is 6.32. The lowest BCUT2D eigenvalue weighted by molar-refractivity contribution is 0.340. The molecule has 0 amide bonds. The number of ether oxygens (including phenoxy) is 1. The summed E-state index contributed by atoms with van der Waals surface area (Å²) >= 11 is 6.12. The Morgan fingerprint density at radius 1 is 1.28 bits per heavy atom. The fraction of sp³-hybridized carbons (Fsp3) is 0.286. The second-order valence-corrected chi connectivity index (χ2v) is 4.29. The number of rotatable bonds is 6. The zero-order valence-corrected chi connectivity index (χ0v) is 11.0. The highest BCUT2D eigenvalue weighted by Gasteiger charge is 2.02. The first-order valence-electron chi connectivity index (χ1n) is 5.94. The molecule has 3 nitrogen and oxygen atoms in total. The van der Waals surface area contributed by atoms with Crippen LogP contribution in [0.3, 0.4) is 0 Å². The second-order valence-electron chi connectivity index (χ2n) is 3.88. The Morgan fingerprint density at radius 3 is 2.83 bits per heavy atom. The van der Waals surface area contributed by atoms with E-state index in [9.17, 15) is 0 Å². The molecule has 1 aromatic heterocycles. The van der Waals surface area contributed by atoms with Gasteiger partial charge in [0.25, 0.3) is 0 Å². The van der Waals surface area contributed by atoms with Gasteiger partial charge in [0.05, 0.1) is 24.4 Å². The van der Waals surface area contributed by atoms with Gasteiger partial charge in [0.1, 0.15) is 11.5 Å². The van der Waals surface area contributed by atoms with E-state index in [0.717, 1.165) is 23.6 Å². The maximum Gasteiger partial charge on any atom is 0.137 e. The molecule has 0 saturated heterocycles. The Balaban J connectivity index is 1.88. The first-order valence-corrected chi connectivity index (χ1v) is 6.31. The third kappa shape index (κ3) is 3.52. The summed E-state index contributed by atoms with van der Waals surface area (Å²) in [5, 5.41) is 3.94. The van der Waals surface area contributed by atoms with Crippen molar-refractivity contribution in [3.8, 4) is 5.75 Å².